The fraction of sp³-hybridized carbons (Fsp3) is 0.611. The second-order valence-corrected chi connectivity index (χ2v) is 6.64. The van der Waals surface area contributed by atoms with Gasteiger partial charge < -0.3 is 10.2 Å². The van der Waals surface area contributed by atoms with Gasteiger partial charge in [-0.2, -0.15) is 0 Å². The Morgan fingerprint density at radius 2 is 1.96 bits per heavy atom. The van der Waals surface area contributed by atoms with E-state index in [9.17, 15) is 4.79 Å². The van der Waals surface area contributed by atoms with Crippen LogP contribution in [0.15, 0.2) is 30.3 Å². The number of halogens is 2. The zero-order chi connectivity index (χ0) is 15.4. The quantitative estimate of drug-likeness (QED) is 0.884. The summed E-state index contributed by atoms with van der Waals surface area (Å²) >= 11 is 0. The van der Waals surface area contributed by atoms with Crippen molar-refractivity contribution in [2.75, 3.05) is 32.7 Å². The third-order valence-electron chi connectivity index (χ3n) is 4.89. The Morgan fingerprint density at radius 1 is 1.21 bits per heavy atom. The lowest BCUT2D eigenvalue weighted by atomic mass is 9.95. The molecule has 1 unspecified atom stereocenters. The minimum absolute atomic E-state index is 0. The van der Waals surface area contributed by atoms with E-state index in [-0.39, 0.29) is 30.7 Å². The summed E-state index contributed by atoms with van der Waals surface area (Å²) in [5.74, 6) is 0.546. The lowest BCUT2D eigenvalue weighted by molar-refractivity contribution is -0.140. The Balaban J connectivity index is 0.00000144. The van der Waals surface area contributed by atoms with Crippen molar-refractivity contribution in [1.82, 2.24) is 15.1 Å². The standard InChI is InChI=1S/C18H27N3O.2ClH/c1-15-12-19-9-11-21(15)18(22)17-8-5-10-20(14-17)13-16-6-3-2-4-7-16;;/h2-4,6-7,15,17,19H,5,8-14H2,1H3;2*1H/t15-,17?;;/m0../s1. The molecule has 0 bridgehead atoms. The van der Waals surface area contributed by atoms with E-state index in [2.05, 4.69) is 52.4 Å². The summed E-state index contributed by atoms with van der Waals surface area (Å²) in [6.45, 7) is 7.83. The molecule has 2 saturated heterocycles. The number of likely N-dealkylation sites (tertiary alicyclic amines) is 1. The van der Waals surface area contributed by atoms with Gasteiger partial charge in [0.05, 0.1) is 5.92 Å². The molecular weight excluding hydrogens is 345 g/mol. The number of amides is 1. The van der Waals surface area contributed by atoms with E-state index in [4.69, 9.17) is 0 Å². The van der Waals surface area contributed by atoms with E-state index in [1.54, 1.807) is 0 Å². The van der Waals surface area contributed by atoms with Gasteiger partial charge in [-0.25, -0.2) is 0 Å². The first kappa shape index (κ1) is 21.2. The third kappa shape index (κ3) is 5.35. The first-order chi connectivity index (χ1) is 10.7. The first-order valence-corrected chi connectivity index (χ1v) is 8.51. The maximum absolute atomic E-state index is 12.8. The molecule has 0 aromatic heterocycles. The fourth-order valence-electron chi connectivity index (χ4n) is 3.65. The van der Waals surface area contributed by atoms with E-state index < -0.39 is 0 Å². The number of nitrogens with zero attached hydrogens (tertiary/aromatic N) is 2. The topological polar surface area (TPSA) is 35.6 Å². The van der Waals surface area contributed by atoms with E-state index in [1.165, 1.54) is 5.56 Å². The molecule has 0 saturated carbocycles. The highest BCUT2D eigenvalue weighted by Crippen LogP contribution is 2.22. The van der Waals surface area contributed by atoms with Crippen LogP contribution in [0.1, 0.15) is 25.3 Å². The summed E-state index contributed by atoms with van der Waals surface area (Å²) in [4.78, 5) is 17.4. The predicted molar refractivity (Wildman–Crippen MR) is 103 cm³/mol. The molecular formula is C18H29Cl2N3O. The number of carbonyl (C=O) groups is 1. The Labute approximate surface area is 157 Å². The van der Waals surface area contributed by atoms with E-state index in [0.29, 0.717) is 11.9 Å². The number of piperazine rings is 1. The molecule has 2 atom stereocenters. The third-order valence-corrected chi connectivity index (χ3v) is 4.89. The monoisotopic (exact) mass is 373 g/mol. The van der Waals surface area contributed by atoms with Crippen LogP contribution in [0.5, 0.6) is 0 Å². The normalized spacial score (nSPS) is 24.6. The zero-order valence-electron chi connectivity index (χ0n) is 14.3. The highest BCUT2D eigenvalue weighted by molar-refractivity contribution is 5.85. The Kier molecular flexibility index (Phi) is 9.06. The SMILES string of the molecule is C[C@H]1CNCCN1C(=O)C1CCCN(Cc2ccccc2)C1.Cl.Cl. The molecule has 2 aliphatic rings. The smallest absolute Gasteiger partial charge is 0.227 e. The van der Waals surface area contributed by atoms with Gasteiger partial charge in [-0.05, 0) is 31.9 Å². The zero-order valence-corrected chi connectivity index (χ0v) is 16.0. The Hall–Kier alpha value is -0.810. The number of nitrogens with one attached hydrogen (secondary N) is 1. The highest BCUT2D eigenvalue weighted by Gasteiger charge is 2.32. The highest BCUT2D eigenvalue weighted by atomic mass is 35.5. The molecule has 0 spiro atoms. The number of rotatable bonds is 3. The van der Waals surface area contributed by atoms with Crippen molar-refractivity contribution in [3.05, 3.63) is 35.9 Å². The molecule has 2 heterocycles. The first-order valence-electron chi connectivity index (χ1n) is 8.51. The minimum atomic E-state index is 0. The molecule has 24 heavy (non-hydrogen) atoms. The second kappa shape index (κ2) is 10.2. The van der Waals surface area contributed by atoms with Gasteiger partial charge >= 0.3 is 0 Å². The lowest BCUT2D eigenvalue weighted by Gasteiger charge is -2.39. The number of hydrogen-bond acceptors (Lipinski definition) is 3. The number of carbonyl (C=O) groups excluding carboxylic acids is 1. The number of hydrogen-bond donors (Lipinski definition) is 1. The van der Waals surface area contributed by atoms with Crippen molar-refractivity contribution in [3.8, 4) is 0 Å². The molecule has 136 valence electrons. The summed E-state index contributed by atoms with van der Waals surface area (Å²) < 4.78 is 0. The number of benzene rings is 1. The van der Waals surface area contributed by atoms with Crippen LogP contribution in [0.25, 0.3) is 0 Å². The van der Waals surface area contributed by atoms with Gasteiger partial charge in [0, 0.05) is 38.8 Å². The molecule has 4 nitrogen and oxygen atoms in total. The molecule has 2 aliphatic heterocycles. The summed E-state index contributed by atoms with van der Waals surface area (Å²) in [7, 11) is 0. The molecule has 0 aliphatic carbocycles. The van der Waals surface area contributed by atoms with Crippen LogP contribution in [-0.4, -0.2) is 54.5 Å². The van der Waals surface area contributed by atoms with E-state index >= 15 is 0 Å². The van der Waals surface area contributed by atoms with E-state index in [1.807, 2.05) is 0 Å². The maximum atomic E-state index is 12.8. The summed E-state index contributed by atoms with van der Waals surface area (Å²) in [6.07, 6.45) is 2.17. The minimum Gasteiger partial charge on any atom is -0.337 e. The van der Waals surface area contributed by atoms with Gasteiger partial charge in [0.15, 0.2) is 0 Å². The summed E-state index contributed by atoms with van der Waals surface area (Å²) in [5, 5.41) is 3.36. The predicted octanol–water partition coefficient (Wildman–Crippen LogP) is 2.56. The van der Waals surface area contributed by atoms with Crippen LogP contribution in [0, 0.1) is 5.92 Å². The van der Waals surface area contributed by atoms with Crippen molar-refractivity contribution < 1.29 is 4.79 Å². The van der Waals surface area contributed by atoms with Gasteiger partial charge in [0.25, 0.3) is 0 Å². The van der Waals surface area contributed by atoms with Crippen LogP contribution >= 0.6 is 24.8 Å². The van der Waals surface area contributed by atoms with Crippen molar-refractivity contribution in [3.63, 3.8) is 0 Å². The van der Waals surface area contributed by atoms with Gasteiger partial charge in [-0.3, -0.25) is 9.69 Å². The molecule has 2 fully saturated rings. The van der Waals surface area contributed by atoms with Gasteiger partial charge in [0.2, 0.25) is 5.91 Å². The van der Waals surface area contributed by atoms with Crippen LogP contribution in [-0.2, 0) is 11.3 Å². The largest absolute Gasteiger partial charge is 0.337 e. The van der Waals surface area contributed by atoms with Crippen molar-refractivity contribution >= 4 is 30.7 Å². The summed E-state index contributed by atoms with van der Waals surface area (Å²) in [5.41, 5.74) is 1.34. The molecule has 6 heteroatoms. The molecule has 3 rings (SSSR count). The lowest BCUT2D eigenvalue weighted by Crippen LogP contribution is -2.55. The number of piperidine rings is 1. The molecule has 1 aromatic rings. The van der Waals surface area contributed by atoms with Crippen molar-refractivity contribution in [1.29, 1.82) is 0 Å². The van der Waals surface area contributed by atoms with Crippen molar-refractivity contribution in [2.24, 2.45) is 5.92 Å². The van der Waals surface area contributed by atoms with Gasteiger partial charge in [-0.1, -0.05) is 30.3 Å². The molecule has 0 radical (unpaired) electrons. The van der Waals surface area contributed by atoms with Gasteiger partial charge in [0.1, 0.15) is 0 Å². The Morgan fingerprint density at radius 3 is 2.67 bits per heavy atom. The van der Waals surface area contributed by atoms with Crippen LogP contribution in [0.3, 0.4) is 0 Å². The van der Waals surface area contributed by atoms with Crippen molar-refractivity contribution in [2.45, 2.75) is 32.4 Å². The van der Waals surface area contributed by atoms with Crippen LogP contribution in [0.2, 0.25) is 0 Å². The summed E-state index contributed by atoms with van der Waals surface area (Å²) in [6, 6.07) is 10.9. The second-order valence-electron chi connectivity index (χ2n) is 6.64. The van der Waals surface area contributed by atoms with Crippen LogP contribution < -0.4 is 5.32 Å². The molecule has 1 amide bonds. The average molecular weight is 374 g/mol. The maximum Gasteiger partial charge on any atom is 0.227 e. The molecule has 1 N–H and O–H groups in total. The fourth-order valence-corrected chi connectivity index (χ4v) is 3.65. The van der Waals surface area contributed by atoms with E-state index in [0.717, 1.165) is 52.1 Å². The Bertz CT molecular complexity index is 500. The van der Waals surface area contributed by atoms with Gasteiger partial charge in [-0.15, -0.1) is 24.8 Å². The molecule has 1 aromatic carbocycles. The van der Waals surface area contributed by atoms with Crippen LogP contribution in [0.4, 0.5) is 0 Å². The average Bonchev–Trinajstić information content (AvgIpc) is 2.56.